The van der Waals surface area contributed by atoms with Crippen LogP contribution in [0.25, 0.3) is 11.4 Å². The largest absolute Gasteiger partial charge is 0.349 e. The number of anilines is 1. The summed E-state index contributed by atoms with van der Waals surface area (Å²) >= 11 is 1.77. The highest BCUT2D eigenvalue weighted by Gasteiger charge is 2.28. The summed E-state index contributed by atoms with van der Waals surface area (Å²) in [5, 5.41) is 13.2. The molecule has 0 spiro atoms. The molecule has 1 aromatic carbocycles. The van der Waals surface area contributed by atoms with Crippen LogP contribution < -0.4 is 4.90 Å². The predicted molar refractivity (Wildman–Crippen MR) is 102 cm³/mol. The fourth-order valence-electron chi connectivity index (χ4n) is 3.40. The van der Waals surface area contributed by atoms with Crippen molar-refractivity contribution in [2.45, 2.75) is 25.8 Å². The monoisotopic (exact) mass is 366 g/mol. The van der Waals surface area contributed by atoms with E-state index in [4.69, 9.17) is 4.98 Å². The van der Waals surface area contributed by atoms with Crippen molar-refractivity contribution in [1.29, 1.82) is 0 Å². The maximum atomic E-state index is 11.1. The van der Waals surface area contributed by atoms with Crippen LogP contribution in [-0.2, 0) is 0 Å². The van der Waals surface area contributed by atoms with Gasteiger partial charge in [0.05, 0.1) is 11.0 Å². The molecule has 0 amide bonds. The van der Waals surface area contributed by atoms with Gasteiger partial charge in [0.15, 0.2) is 5.82 Å². The van der Waals surface area contributed by atoms with Crippen molar-refractivity contribution in [2.24, 2.45) is 0 Å². The minimum atomic E-state index is -0.395. The van der Waals surface area contributed by atoms with E-state index in [2.05, 4.69) is 27.4 Å². The molecule has 1 aliphatic rings. The number of non-ortho nitro benzene ring substituents is 1. The Kier molecular flexibility index (Phi) is 4.38. The maximum absolute atomic E-state index is 11.1. The zero-order valence-electron chi connectivity index (χ0n) is 14.3. The highest BCUT2D eigenvalue weighted by Crippen LogP contribution is 2.38. The SMILES string of the molecule is Cc1cc(N2CCCC2c2cccs2)nc(-c2cccc([N+](=O)[O-])c2)n1. The van der Waals surface area contributed by atoms with Crippen molar-refractivity contribution in [3.05, 3.63) is 68.5 Å². The van der Waals surface area contributed by atoms with Crippen molar-refractivity contribution < 1.29 is 4.92 Å². The van der Waals surface area contributed by atoms with Gasteiger partial charge < -0.3 is 4.90 Å². The van der Waals surface area contributed by atoms with Gasteiger partial charge in [-0.05, 0) is 31.2 Å². The Hall–Kier alpha value is -2.80. The third-order valence-corrected chi connectivity index (χ3v) is 5.55. The summed E-state index contributed by atoms with van der Waals surface area (Å²) in [4.78, 5) is 23.6. The minimum absolute atomic E-state index is 0.0480. The average molecular weight is 366 g/mol. The first kappa shape index (κ1) is 16.7. The van der Waals surface area contributed by atoms with Crippen molar-refractivity contribution in [1.82, 2.24) is 9.97 Å². The number of nitrogens with zero attached hydrogens (tertiary/aromatic N) is 4. The van der Waals surface area contributed by atoms with Crippen molar-refractivity contribution >= 4 is 22.8 Å². The molecular formula is C19H18N4O2S. The Bertz CT molecular complexity index is 942. The number of hydrogen-bond donors (Lipinski definition) is 0. The van der Waals surface area contributed by atoms with Gasteiger partial charge in [0, 0.05) is 40.9 Å². The number of aryl methyl sites for hydroxylation is 1. The lowest BCUT2D eigenvalue weighted by atomic mass is 10.1. The molecule has 1 saturated heterocycles. The van der Waals surface area contributed by atoms with Crippen LogP contribution in [0.15, 0.2) is 47.8 Å². The Morgan fingerprint density at radius 3 is 2.88 bits per heavy atom. The average Bonchev–Trinajstić information content (AvgIpc) is 3.32. The van der Waals surface area contributed by atoms with E-state index in [-0.39, 0.29) is 5.69 Å². The third kappa shape index (κ3) is 3.17. The van der Waals surface area contributed by atoms with E-state index in [0.717, 1.165) is 30.9 Å². The third-order valence-electron chi connectivity index (χ3n) is 4.57. The van der Waals surface area contributed by atoms with Crippen molar-refractivity contribution in [2.75, 3.05) is 11.4 Å². The molecule has 26 heavy (non-hydrogen) atoms. The highest BCUT2D eigenvalue weighted by molar-refractivity contribution is 7.10. The van der Waals surface area contributed by atoms with E-state index >= 15 is 0 Å². The first-order valence-electron chi connectivity index (χ1n) is 8.52. The van der Waals surface area contributed by atoms with Gasteiger partial charge in [0.25, 0.3) is 5.69 Å². The lowest BCUT2D eigenvalue weighted by molar-refractivity contribution is -0.384. The minimum Gasteiger partial charge on any atom is -0.349 e. The molecule has 0 N–H and O–H groups in total. The Morgan fingerprint density at radius 2 is 2.12 bits per heavy atom. The first-order valence-corrected chi connectivity index (χ1v) is 9.40. The Labute approximate surface area is 155 Å². The van der Waals surface area contributed by atoms with Crippen LogP contribution in [0, 0.1) is 17.0 Å². The Balaban J connectivity index is 1.73. The second-order valence-electron chi connectivity index (χ2n) is 6.37. The van der Waals surface area contributed by atoms with E-state index in [9.17, 15) is 10.1 Å². The summed E-state index contributed by atoms with van der Waals surface area (Å²) in [7, 11) is 0. The van der Waals surface area contributed by atoms with Crippen molar-refractivity contribution in [3.63, 3.8) is 0 Å². The fourth-order valence-corrected chi connectivity index (χ4v) is 4.28. The molecule has 1 fully saturated rings. The molecule has 0 radical (unpaired) electrons. The van der Waals surface area contributed by atoms with Crippen molar-refractivity contribution in [3.8, 4) is 11.4 Å². The fraction of sp³-hybridized carbons (Fsp3) is 0.263. The van der Waals surface area contributed by atoms with Crippen LogP contribution in [0.3, 0.4) is 0 Å². The van der Waals surface area contributed by atoms with Gasteiger partial charge >= 0.3 is 0 Å². The quantitative estimate of drug-likeness (QED) is 0.491. The molecule has 3 aromatic rings. The summed E-state index contributed by atoms with van der Waals surface area (Å²) < 4.78 is 0. The summed E-state index contributed by atoms with van der Waals surface area (Å²) in [6, 6.07) is 13.1. The topological polar surface area (TPSA) is 72.2 Å². The van der Waals surface area contributed by atoms with Crippen LogP contribution >= 0.6 is 11.3 Å². The molecule has 0 saturated carbocycles. The molecule has 4 rings (SSSR count). The van der Waals surface area contributed by atoms with Crippen LogP contribution in [-0.4, -0.2) is 21.4 Å². The molecule has 1 unspecified atom stereocenters. The molecule has 1 aliphatic heterocycles. The van der Waals surface area contributed by atoms with E-state index in [1.165, 1.54) is 17.0 Å². The highest BCUT2D eigenvalue weighted by atomic mass is 32.1. The number of hydrogen-bond acceptors (Lipinski definition) is 6. The molecule has 0 aliphatic carbocycles. The van der Waals surface area contributed by atoms with E-state index in [0.29, 0.717) is 17.4 Å². The second kappa shape index (κ2) is 6.84. The van der Waals surface area contributed by atoms with Gasteiger partial charge in [0.1, 0.15) is 5.82 Å². The van der Waals surface area contributed by atoms with Crippen LogP contribution in [0.1, 0.15) is 29.5 Å². The zero-order valence-corrected chi connectivity index (χ0v) is 15.1. The van der Waals surface area contributed by atoms with Gasteiger partial charge in [-0.1, -0.05) is 18.2 Å². The number of nitro benzene ring substituents is 1. The van der Waals surface area contributed by atoms with E-state index < -0.39 is 4.92 Å². The molecule has 2 aromatic heterocycles. The molecular weight excluding hydrogens is 348 g/mol. The lowest BCUT2D eigenvalue weighted by Crippen LogP contribution is -2.23. The molecule has 132 valence electrons. The lowest BCUT2D eigenvalue weighted by Gasteiger charge is -2.25. The first-order chi connectivity index (χ1) is 12.6. The van der Waals surface area contributed by atoms with Crippen LogP contribution in [0.2, 0.25) is 0 Å². The van der Waals surface area contributed by atoms with Crippen LogP contribution in [0.5, 0.6) is 0 Å². The predicted octanol–water partition coefficient (Wildman–Crippen LogP) is 4.76. The summed E-state index contributed by atoms with van der Waals surface area (Å²) in [5.41, 5.74) is 1.57. The smallest absolute Gasteiger partial charge is 0.270 e. The number of benzene rings is 1. The number of rotatable bonds is 4. The van der Waals surface area contributed by atoms with E-state index in [1.54, 1.807) is 17.4 Å². The maximum Gasteiger partial charge on any atom is 0.270 e. The number of nitro groups is 1. The van der Waals surface area contributed by atoms with Gasteiger partial charge in [-0.3, -0.25) is 10.1 Å². The van der Waals surface area contributed by atoms with Gasteiger partial charge in [0.2, 0.25) is 0 Å². The molecule has 3 heterocycles. The molecule has 0 bridgehead atoms. The van der Waals surface area contributed by atoms with E-state index in [1.807, 2.05) is 19.1 Å². The normalized spacial score (nSPS) is 16.8. The van der Waals surface area contributed by atoms with Gasteiger partial charge in [-0.2, -0.15) is 0 Å². The molecule has 6 nitrogen and oxygen atoms in total. The van der Waals surface area contributed by atoms with Gasteiger partial charge in [-0.15, -0.1) is 11.3 Å². The zero-order chi connectivity index (χ0) is 18.1. The summed E-state index contributed by atoms with van der Waals surface area (Å²) in [5.74, 6) is 1.41. The second-order valence-corrected chi connectivity index (χ2v) is 7.34. The Morgan fingerprint density at radius 1 is 1.23 bits per heavy atom. The number of aromatic nitrogens is 2. The number of thiophene rings is 1. The summed E-state index contributed by atoms with van der Waals surface area (Å²) in [6.07, 6.45) is 2.23. The molecule has 7 heteroatoms. The van der Waals surface area contributed by atoms with Crippen LogP contribution in [0.4, 0.5) is 11.5 Å². The standard InChI is InChI=1S/C19H18N4O2S/c1-13-11-18(22-9-3-7-16(22)17-8-4-10-26-17)21-19(20-13)14-5-2-6-15(12-14)23(24)25/h2,4-6,8,10-12,16H,3,7,9H2,1H3. The summed E-state index contributed by atoms with van der Waals surface area (Å²) in [6.45, 7) is 2.88. The molecule has 1 atom stereocenters. The van der Waals surface area contributed by atoms with Gasteiger partial charge in [-0.25, -0.2) is 9.97 Å².